The average Bonchev–Trinajstić information content (AvgIpc) is 3.14. The molecular formula is C14H17NO2S. The molecule has 96 valence electrons. The van der Waals surface area contributed by atoms with Gasteiger partial charge in [0.05, 0.1) is 17.2 Å². The van der Waals surface area contributed by atoms with Gasteiger partial charge in [0.25, 0.3) is 0 Å². The van der Waals surface area contributed by atoms with Crippen molar-refractivity contribution in [2.75, 3.05) is 5.75 Å². The van der Waals surface area contributed by atoms with Crippen molar-refractivity contribution in [3.8, 4) is 6.07 Å². The first-order valence-corrected chi connectivity index (χ1v) is 7.96. The molecule has 0 radical (unpaired) electrons. The predicted molar refractivity (Wildman–Crippen MR) is 70.9 cm³/mol. The third kappa shape index (κ3) is 2.15. The van der Waals surface area contributed by atoms with Crippen LogP contribution in [0.1, 0.15) is 30.9 Å². The first-order chi connectivity index (χ1) is 8.55. The highest BCUT2D eigenvalue weighted by Gasteiger charge is 2.58. The lowest BCUT2D eigenvalue weighted by atomic mass is 10.1. The molecule has 3 atom stereocenters. The molecule has 3 nitrogen and oxygen atoms in total. The lowest BCUT2D eigenvalue weighted by Crippen LogP contribution is -2.12. The molecule has 1 aliphatic carbocycles. The zero-order chi connectivity index (χ0) is 13.3. The van der Waals surface area contributed by atoms with Crippen LogP contribution in [0.3, 0.4) is 0 Å². The lowest BCUT2D eigenvalue weighted by molar-refractivity contribution is 0.594. The summed E-state index contributed by atoms with van der Waals surface area (Å²) in [6, 6.07) is 10.1. The molecule has 18 heavy (non-hydrogen) atoms. The molecule has 4 heteroatoms. The summed E-state index contributed by atoms with van der Waals surface area (Å²) in [6.07, 6.45) is 0.962. The van der Waals surface area contributed by atoms with E-state index in [0.717, 1.165) is 12.0 Å². The number of aryl methyl sites for hydroxylation is 1. The van der Waals surface area contributed by atoms with Crippen LogP contribution < -0.4 is 0 Å². The zero-order valence-corrected chi connectivity index (χ0v) is 11.4. The van der Waals surface area contributed by atoms with E-state index in [1.807, 2.05) is 24.3 Å². The standard InChI is InChI=1S/C14H17NO2S/c1-3-10-5-7-11(8-6-10)13-12(9-15)14(13)18(16,17)4-2/h5-8,12-14H,3-4H2,1-2H3/t12-,13+,14+/m1/s1. The number of nitrogens with zero attached hydrogens (tertiary/aromatic N) is 1. The Balaban J connectivity index is 2.27. The van der Waals surface area contributed by atoms with Crippen molar-refractivity contribution in [2.24, 2.45) is 5.92 Å². The lowest BCUT2D eigenvalue weighted by Gasteiger charge is -2.02. The monoisotopic (exact) mass is 263 g/mol. The van der Waals surface area contributed by atoms with Gasteiger partial charge in [-0.2, -0.15) is 5.26 Å². The normalized spacial score (nSPS) is 26.6. The second-order valence-electron chi connectivity index (χ2n) is 4.69. The third-order valence-corrected chi connectivity index (χ3v) is 5.91. The first-order valence-electron chi connectivity index (χ1n) is 6.25. The minimum absolute atomic E-state index is 0.111. The summed E-state index contributed by atoms with van der Waals surface area (Å²) < 4.78 is 23.8. The summed E-state index contributed by atoms with van der Waals surface area (Å²) in [6.45, 7) is 3.72. The fourth-order valence-corrected chi connectivity index (χ4v) is 4.19. The second kappa shape index (κ2) is 4.74. The van der Waals surface area contributed by atoms with Crippen molar-refractivity contribution >= 4 is 9.84 Å². The van der Waals surface area contributed by atoms with E-state index >= 15 is 0 Å². The molecule has 1 saturated carbocycles. The first kappa shape index (κ1) is 13.1. The van der Waals surface area contributed by atoms with Gasteiger partial charge in [0.2, 0.25) is 0 Å². The average molecular weight is 263 g/mol. The van der Waals surface area contributed by atoms with E-state index in [4.69, 9.17) is 5.26 Å². The van der Waals surface area contributed by atoms with Gasteiger partial charge in [0.15, 0.2) is 9.84 Å². The Morgan fingerprint density at radius 3 is 2.28 bits per heavy atom. The number of rotatable bonds is 4. The van der Waals surface area contributed by atoms with Crippen LogP contribution in [-0.4, -0.2) is 19.4 Å². The topological polar surface area (TPSA) is 57.9 Å². The van der Waals surface area contributed by atoms with Crippen LogP contribution in [0.15, 0.2) is 24.3 Å². The Morgan fingerprint density at radius 1 is 1.22 bits per heavy atom. The van der Waals surface area contributed by atoms with Gasteiger partial charge in [0.1, 0.15) is 0 Å². The molecule has 1 fully saturated rings. The van der Waals surface area contributed by atoms with Crippen LogP contribution in [0.5, 0.6) is 0 Å². The number of benzene rings is 1. The summed E-state index contributed by atoms with van der Waals surface area (Å²) in [5.74, 6) is -0.396. The third-order valence-electron chi connectivity index (χ3n) is 3.69. The summed E-state index contributed by atoms with van der Waals surface area (Å²) in [5, 5.41) is 8.55. The zero-order valence-electron chi connectivity index (χ0n) is 10.6. The van der Waals surface area contributed by atoms with Crippen LogP contribution in [-0.2, 0) is 16.3 Å². The Hall–Kier alpha value is -1.34. The fraction of sp³-hybridized carbons (Fsp3) is 0.500. The number of sulfone groups is 1. The minimum Gasteiger partial charge on any atom is -0.228 e. The maximum absolute atomic E-state index is 11.9. The van der Waals surface area contributed by atoms with Crippen molar-refractivity contribution in [2.45, 2.75) is 31.4 Å². The highest BCUT2D eigenvalue weighted by Crippen LogP contribution is 2.52. The van der Waals surface area contributed by atoms with Crippen molar-refractivity contribution < 1.29 is 8.42 Å². The van der Waals surface area contributed by atoms with E-state index in [9.17, 15) is 8.42 Å². The maximum Gasteiger partial charge on any atom is 0.154 e. The van der Waals surface area contributed by atoms with E-state index in [0.29, 0.717) is 0 Å². The van der Waals surface area contributed by atoms with Crippen molar-refractivity contribution in [3.05, 3.63) is 35.4 Å². The highest BCUT2D eigenvalue weighted by atomic mass is 32.2. The van der Waals surface area contributed by atoms with Gasteiger partial charge in [0, 0.05) is 11.7 Å². The molecule has 0 spiro atoms. The predicted octanol–water partition coefficient (Wildman–Crippen LogP) is 2.29. The van der Waals surface area contributed by atoms with Gasteiger partial charge in [-0.3, -0.25) is 0 Å². The van der Waals surface area contributed by atoms with Crippen LogP contribution in [0.25, 0.3) is 0 Å². The van der Waals surface area contributed by atoms with Crippen molar-refractivity contribution in [1.82, 2.24) is 0 Å². The van der Waals surface area contributed by atoms with Crippen molar-refractivity contribution in [1.29, 1.82) is 5.26 Å². The van der Waals surface area contributed by atoms with Gasteiger partial charge >= 0.3 is 0 Å². The van der Waals surface area contributed by atoms with Crippen LogP contribution >= 0.6 is 0 Å². The molecular weight excluding hydrogens is 246 g/mol. The summed E-state index contributed by atoms with van der Waals surface area (Å²) >= 11 is 0. The van der Waals surface area contributed by atoms with Gasteiger partial charge in [-0.15, -0.1) is 0 Å². The van der Waals surface area contributed by atoms with E-state index in [-0.39, 0.29) is 17.6 Å². The number of nitriles is 1. The molecule has 0 heterocycles. The Bertz CT molecular complexity index is 569. The molecule has 1 aliphatic rings. The maximum atomic E-state index is 11.9. The highest BCUT2D eigenvalue weighted by molar-refractivity contribution is 7.92. The van der Waals surface area contributed by atoms with Gasteiger partial charge < -0.3 is 0 Å². The number of hydrogen-bond donors (Lipinski definition) is 0. The second-order valence-corrected chi connectivity index (χ2v) is 7.14. The Morgan fingerprint density at radius 2 is 1.83 bits per heavy atom. The van der Waals surface area contributed by atoms with E-state index in [1.165, 1.54) is 5.56 Å². The minimum atomic E-state index is -3.12. The fourth-order valence-electron chi connectivity index (χ4n) is 2.45. The Labute approximate surface area is 108 Å². The molecule has 0 aliphatic heterocycles. The number of hydrogen-bond acceptors (Lipinski definition) is 3. The molecule has 1 aromatic rings. The van der Waals surface area contributed by atoms with Gasteiger partial charge in [-0.1, -0.05) is 38.1 Å². The molecule has 0 unspecified atom stereocenters. The molecule has 0 bridgehead atoms. The van der Waals surface area contributed by atoms with Gasteiger partial charge in [-0.25, -0.2) is 8.42 Å². The quantitative estimate of drug-likeness (QED) is 0.837. The summed E-state index contributed by atoms with van der Waals surface area (Å²) in [5.41, 5.74) is 2.20. The van der Waals surface area contributed by atoms with E-state index in [2.05, 4.69) is 13.0 Å². The van der Waals surface area contributed by atoms with Crippen LogP contribution in [0, 0.1) is 17.2 Å². The van der Waals surface area contributed by atoms with E-state index < -0.39 is 15.1 Å². The van der Waals surface area contributed by atoms with E-state index in [1.54, 1.807) is 6.92 Å². The summed E-state index contributed by atoms with van der Waals surface area (Å²) in [4.78, 5) is 0. The van der Waals surface area contributed by atoms with Crippen LogP contribution in [0.2, 0.25) is 0 Å². The largest absolute Gasteiger partial charge is 0.228 e. The SMILES string of the molecule is CCc1ccc([C@H]2[C@@H](C#N)[C@@H]2S(=O)(=O)CC)cc1. The molecule has 2 rings (SSSR count). The Kier molecular flexibility index (Phi) is 3.45. The molecule has 0 amide bonds. The van der Waals surface area contributed by atoms with Crippen molar-refractivity contribution in [3.63, 3.8) is 0 Å². The summed E-state index contributed by atoms with van der Waals surface area (Å²) in [7, 11) is -3.12. The van der Waals surface area contributed by atoms with Crippen LogP contribution in [0.4, 0.5) is 0 Å². The molecule has 0 N–H and O–H groups in total. The van der Waals surface area contributed by atoms with Gasteiger partial charge in [-0.05, 0) is 17.5 Å². The molecule has 0 saturated heterocycles. The molecule has 0 aromatic heterocycles. The molecule has 1 aromatic carbocycles. The smallest absolute Gasteiger partial charge is 0.154 e.